The highest BCUT2D eigenvalue weighted by Gasteiger charge is 2.66. The van der Waals surface area contributed by atoms with E-state index < -0.39 is 29.4 Å². The van der Waals surface area contributed by atoms with Gasteiger partial charge in [0.25, 0.3) is 0 Å². The van der Waals surface area contributed by atoms with Crippen molar-refractivity contribution < 1.29 is 19.1 Å². The fourth-order valence-electron chi connectivity index (χ4n) is 4.27. The number of likely N-dealkylation sites (tertiary alicyclic amines) is 1. The minimum Gasteiger partial charge on any atom is -0.468 e. The number of carbonyl (C=O) groups is 3. The van der Waals surface area contributed by atoms with Crippen LogP contribution in [-0.2, 0) is 19.1 Å². The van der Waals surface area contributed by atoms with E-state index in [1.807, 2.05) is 24.3 Å². The van der Waals surface area contributed by atoms with Crippen LogP contribution in [0.1, 0.15) is 45.7 Å². The summed E-state index contributed by atoms with van der Waals surface area (Å²) in [7, 11) is 1.30. The van der Waals surface area contributed by atoms with Crippen molar-refractivity contribution >= 4 is 29.5 Å². The fraction of sp³-hybridized carbons (Fsp3) is 0.571. The maximum absolute atomic E-state index is 13.0. The van der Waals surface area contributed by atoms with Gasteiger partial charge in [-0.2, -0.15) is 0 Å². The average molecular weight is 405 g/mol. The predicted molar refractivity (Wildman–Crippen MR) is 108 cm³/mol. The van der Waals surface area contributed by atoms with Crippen molar-refractivity contribution in [2.75, 3.05) is 13.7 Å². The lowest BCUT2D eigenvalue weighted by atomic mass is 9.80. The minimum atomic E-state index is -1.23. The molecule has 2 amide bonds. The van der Waals surface area contributed by atoms with E-state index >= 15 is 0 Å². The molecule has 1 unspecified atom stereocenters. The van der Waals surface area contributed by atoms with Gasteiger partial charge in [0.15, 0.2) is 0 Å². The number of methoxy groups -OCH3 is 1. The molecule has 1 aromatic rings. The van der Waals surface area contributed by atoms with E-state index in [-0.39, 0.29) is 11.8 Å². The summed E-state index contributed by atoms with van der Waals surface area (Å²) < 4.78 is 4.97. The number of nitrogens with zero attached hydrogens (tertiary/aromatic N) is 1. The molecule has 5 atom stereocenters. The van der Waals surface area contributed by atoms with Crippen molar-refractivity contribution in [3.63, 3.8) is 0 Å². The van der Waals surface area contributed by atoms with Gasteiger partial charge in [-0.05, 0) is 38.0 Å². The number of rotatable bonds is 6. The number of carbonyl (C=O) groups excluding carboxylic acids is 3. The summed E-state index contributed by atoms with van der Waals surface area (Å²) in [6, 6.07) is 7.62. The molecule has 0 aliphatic carbocycles. The van der Waals surface area contributed by atoms with Gasteiger partial charge in [-0.25, -0.2) is 0 Å². The number of thioether (sulfide) groups is 1. The lowest BCUT2D eigenvalue weighted by Crippen LogP contribution is -2.53. The van der Waals surface area contributed by atoms with Gasteiger partial charge in [0.1, 0.15) is 5.54 Å². The van der Waals surface area contributed by atoms with Crippen LogP contribution in [0.2, 0.25) is 0 Å². The molecule has 0 radical (unpaired) electrons. The third-order valence-corrected chi connectivity index (χ3v) is 7.24. The van der Waals surface area contributed by atoms with Gasteiger partial charge in [-0.3, -0.25) is 24.6 Å². The number of hydrogen-bond donors (Lipinski definition) is 1. The summed E-state index contributed by atoms with van der Waals surface area (Å²) in [6.07, 6.45) is 1.08. The summed E-state index contributed by atoms with van der Waals surface area (Å²) in [6.45, 7) is 8.08. The number of amides is 2. The average Bonchev–Trinajstić information content (AvgIpc) is 3.15. The summed E-state index contributed by atoms with van der Waals surface area (Å²) in [5.74, 6) is -2.41. The molecule has 0 bridgehead atoms. The molecular formula is C21H28N2O4S. The molecule has 1 N–H and O–H groups in total. The van der Waals surface area contributed by atoms with Gasteiger partial charge < -0.3 is 4.74 Å². The van der Waals surface area contributed by atoms with Gasteiger partial charge in [-0.15, -0.1) is 11.8 Å². The molecule has 2 aliphatic heterocycles. The van der Waals surface area contributed by atoms with Crippen LogP contribution in [0.3, 0.4) is 0 Å². The number of ether oxygens (including phenoxy) is 1. The highest BCUT2D eigenvalue weighted by Crippen LogP contribution is 2.49. The molecule has 28 heavy (non-hydrogen) atoms. The smallest absolute Gasteiger partial charge is 0.326 e. The molecule has 6 nitrogen and oxygen atoms in total. The standard InChI is InChI=1S/C21H28N2O4S/c1-6-12(3)28-14-10-8-13(9-11-14)17-15-16(19(25)23(7-2)18(15)24)21(4,22-17)20(26)27-5/h8-12,15-17,22H,6-7H2,1-5H3/t12?,15-,16-,17-,21-/m1/s1. The third-order valence-electron chi connectivity index (χ3n) is 5.96. The zero-order valence-corrected chi connectivity index (χ0v) is 17.8. The molecule has 0 aromatic heterocycles. The first-order valence-corrected chi connectivity index (χ1v) is 10.6. The Morgan fingerprint density at radius 3 is 2.43 bits per heavy atom. The molecule has 2 saturated heterocycles. The molecule has 3 rings (SSSR count). The molecule has 1 aromatic carbocycles. The third kappa shape index (κ3) is 3.24. The van der Waals surface area contributed by atoms with Crippen molar-refractivity contribution in [1.29, 1.82) is 0 Å². The largest absolute Gasteiger partial charge is 0.468 e. The lowest BCUT2D eigenvalue weighted by molar-refractivity contribution is -0.153. The van der Waals surface area contributed by atoms with Gasteiger partial charge in [0.2, 0.25) is 11.8 Å². The van der Waals surface area contributed by atoms with Crippen LogP contribution < -0.4 is 5.32 Å². The first-order valence-electron chi connectivity index (χ1n) is 9.76. The zero-order valence-electron chi connectivity index (χ0n) is 17.0. The van der Waals surface area contributed by atoms with Crippen LogP contribution in [0.5, 0.6) is 0 Å². The SMILES string of the molecule is CCC(C)Sc1ccc([C@H]2N[C@@](C)(C(=O)OC)[C@H]3C(=O)N(CC)C(=O)[C@@H]23)cc1. The summed E-state index contributed by atoms with van der Waals surface area (Å²) in [4.78, 5) is 40.8. The van der Waals surface area contributed by atoms with Crippen LogP contribution in [0, 0.1) is 11.8 Å². The highest BCUT2D eigenvalue weighted by atomic mass is 32.2. The zero-order chi connectivity index (χ0) is 20.6. The Bertz CT molecular complexity index is 781. The van der Waals surface area contributed by atoms with E-state index in [1.165, 1.54) is 12.0 Å². The Labute approximate surface area is 170 Å². The van der Waals surface area contributed by atoms with Crippen molar-refractivity contribution in [2.45, 2.75) is 55.8 Å². The van der Waals surface area contributed by atoms with Gasteiger partial charge >= 0.3 is 5.97 Å². The van der Waals surface area contributed by atoms with Crippen LogP contribution >= 0.6 is 11.8 Å². The topological polar surface area (TPSA) is 75.7 Å². The second-order valence-electron chi connectivity index (χ2n) is 7.65. The van der Waals surface area contributed by atoms with Crippen molar-refractivity contribution in [1.82, 2.24) is 10.2 Å². The fourth-order valence-corrected chi connectivity index (χ4v) is 5.19. The molecule has 0 saturated carbocycles. The molecule has 7 heteroatoms. The van der Waals surface area contributed by atoms with Crippen molar-refractivity contribution in [3.05, 3.63) is 29.8 Å². The number of fused-ring (bicyclic) bond motifs is 1. The summed E-state index contributed by atoms with van der Waals surface area (Å²) in [5.41, 5.74) is -0.333. The van der Waals surface area contributed by atoms with E-state index in [1.54, 1.807) is 25.6 Å². The van der Waals surface area contributed by atoms with Crippen LogP contribution in [-0.4, -0.2) is 47.1 Å². The Morgan fingerprint density at radius 2 is 1.89 bits per heavy atom. The van der Waals surface area contributed by atoms with Crippen LogP contribution in [0.15, 0.2) is 29.2 Å². The molecule has 2 fully saturated rings. The quantitative estimate of drug-likeness (QED) is 0.446. The van der Waals surface area contributed by atoms with Gasteiger partial charge in [-0.1, -0.05) is 26.0 Å². The Kier molecular flexibility index (Phi) is 5.87. The Balaban J connectivity index is 1.96. The molecule has 2 heterocycles. The van der Waals surface area contributed by atoms with Crippen molar-refractivity contribution in [3.8, 4) is 0 Å². The normalized spacial score (nSPS) is 30.5. The van der Waals surface area contributed by atoms with E-state index in [9.17, 15) is 14.4 Å². The second-order valence-corrected chi connectivity index (χ2v) is 9.16. The molecule has 152 valence electrons. The maximum atomic E-state index is 13.0. The summed E-state index contributed by atoms with van der Waals surface area (Å²) >= 11 is 1.80. The summed E-state index contributed by atoms with van der Waals surface area (Å²) in [5, 5.41) is 3.79. The van der Waals surface area contributed by atoms with Crippen LogP contribution in [0.4, 0.5) is 0 Å². The Morgan fingerprint density at radius 1 is 1.25 bits per heavy atom. The number of benzene rings is 1. The number of esters is 1. The predicted octanol–water partition coefficient (Wildman–Crippen LogP) is 2.77. The number of nitrogens with one attached hydrogen (secondary N) is 1. The van der Waals surface area contributed by atoms with Crippen molar-refractivity contribution in [2.24, 2.45) is 11.8 Å². The number of imide groups is 1. The van der Waals surface area contributed by atoms with Crippen LogP contribution in [0.25, 0.3) is 0 Å². The van der Waals surface area contributed by atoms with Gasteiger partial charge in [0, 0.05) is 22.7 Å². The van der Waals surface area contributed by atoms with E-state index in [2.05, 4.69) is 19.2 Å². The maximum Gasteiger partial charge on any atom is 0.326 e. The molecular weight excluding hydrogens is 376 g/mol. The first-order chi connectivity index (χ1) is 13.3. The number of hydrogen-bond acceptors (Lipinski definition) is 6. The molecule has 2 aliphatic rings. The van der Waals surface area contributed by atoms with E-state index in [4.69, 9.17) is 4.74 Å². The lowest BCUT2D eigenvalue weighted by Gasteiger charge is -2.28. The van der Waals surface area contributed by atoms with E-state index in [0.29, 0.717) is 11.8 Å². The Hall–Kier alpha value is -1.86. The van der Waals surface area contributed by atoms with E-state index in [0.717, 1.165) is 16.9 Å². The van der Waals surface area contributed by atoms with Gasteiger partial charge in [0.05, 0.1) is 18.9 Å². The highest BCUT2D eigenvalue weighted by molar-refractivity contribution is 7.99. The minimum absolute atomic E-state index is 0.222. The first kappa shape index (κ1) is 20.9. The molecule has 0 spiro atoms. The second kappa shape index (κ2) is 7.87. The monoisotopic (exact) mass is 404 g/mol.